The van der Waals surface area contributed by atoms with Crippen molar-refractivity contribution in [3.63, 3.8) is 0 Å². The second-order valence-electron chi connectivity index (χ2n) is 6.42. The Labute approximate surface area is 157 Å². The number of aromatic nitrogens is 2. The molecular weight excluding hydrogens is 342 g/mol. The van der Waals surface area contributed by atoms with Gasteiger partial charge in [0, 0.05) is 11.8 Å². The summed E-state index contributed by atoms with van der Waals surface area (Å²) in [6, 6.07) is 15.7. The maximum Gasteiger partial charge on any atom is 0.342 e. The molecule has 1 heterocycles. The maximum atomic E-state index is 12.5. The fourth-order valence-electron chi connectivity index (χ4n) is 2.74. The lowest BCUT2D eigenvalue weighted by atomic mass is 10.0. The van der Waals surface area contributed by atoms with Gasteiger partial charge in [0.2, 0.25) is 0 Å². The Balaban J connectivity index is 1.99. The molecule has 2 N–H and O–H groups in total. The highest BCUT2D eigenvalue weighted by Crippen LogP contribution is 2.25. The molecule has 0 radical (unpaired) electrons. The van der Waals surface area contributed by atoms with Crippen molar-refractivity contribution in [3.05, 3.63) is 77.0 Å². The quantitative estimate of drug-likeness (QED) is 0.682. The van der Waals surface area contributed by atoms with Gasteiger partial charge in [0.25, 0.3) is 5.91 Å². The highest BCUT2D eigenvalue weighted by molar-refractivity contribution is 5.97. The van der Waals surface area contributed by atoms with E-state index in [0.29, 0.717) is 17.8 Å². The lowest BCUT2D eigenvalue weighted by molar-refractivity contribution is -0.121. The van der Waals surface area contributed by atoms with Crippen LogP contribution in [0.2, 0.25) is 0 Å². The molecule has 6 nitrogen and oxygen atoms in total. The number of amides is 1. The maximum absolute atomic E-state index is 12.5. The van der Waals surface area contributed by atoms with Gasteiger partial charge in [-0.3, -0.25) is 9.48 Å². The zero-order valence-corrected chi connectivity index (χ0v) is 15.3. The number of carbonyl (C=O) groups excluding carboxylic acids is 2. The van der Waals surface area contributed by atoms with Crippen LogP contribution in [0.15, 0.2) is 54.7 Å². The van der Waals surface area contributed by atoms with Crippen molar-refractivity contribution in [2.45, 2.75) is 20.4 Å². The number of benzene rings is 2. The van der Waals surface area contributed by atoms with E-state index in [1.54, 1.807) is 10.9 Å². The highest BCUT2D eigenvalue weighted by Gasteiger charge is 2.20. The van der Waals surface area contributed by atoms with Crippen LogP contribution >= 0.6 is 0 Å². The smallest absolute Gasteiger partial charge is 0.342 e. The van der Waals surface area contributed by atoms with Gasteiger partial charge in [-0.2, -0.15) is 5.10 Å². The first-order valence-electron chi connectivity index (χ1n) is 8.58. The van der Waals surface area contributed by atoms with E-state index in [-0.39, 0.29) is 0 Å². The fourth-order valence-corrected chi connectivity index (χ4v) is 2.74. The zero-order chi connectivity index (χ0) is 19.4. The minimum Gasteiger partial charge on any atom is -0.452 e. The van der Waals surface area contributed by atoms with Gasteiger partial charge >= 0.3 is 5.97 Å². The zero-order valence-electron chi connectivity index (χ0n) is 15.3. The average Bonchev–Trinajstić information content (AvgIpc) is 3.06. The van der Waals surface area contributed by atoms with Crippen LogP contribution in [0.1, 0.15) is 27.0 Å². The molecule has 3 rings (SSSR count). The lowest BCUT2D eigenvalue weighted by Crippen LogP contribution is -2.21. The van der Waals surface area contributed by atoms with Crippen molar-refractivity contribution < 1.29 is 14.3 Å². The Morgan fingerprint density at radius 2 is 1.81 bits per heavy atom. The lowest BCUT2D eigenvalue weighted by Gasteiger charge is -2.05. The topological polar surface area (TPSA) is 87.2 Å². The number of nitrogens with zero attached hydrogens (tertiary/aromatic N) is 2. The van der Waals surface area contributed by atoms with Crippen LogP contribution in [-0.2, 0) is 16.1 Å². The Morgan fingerprint density at radius 3 is 2.48 bits per heavy atom. The third kappa shape index (κ3) is 4.41. The minimum atomic E-state index is -0.701. The largest absolute Gasteiger partial charge is 0.452 e. The summed E-state index contributed by atoms with van der Waals surface area (Å²) in [5.74, 6) is -1.32. The Morgan fingerprint density at radius 1 is 1.07 bits per heavy atom. The van der Waals surface area contributed by atoms with Gasteiger partial charge in [0.15, 0.2) is 6.61 Å². The summed E-state index contributed by atoms with van der Waals surface area (Å²) < 4.78 is 6.70. The van der Waals surface area contributed by atoms with Crippen molar-refractivity contribution in [2.24, 2.45) is 5.73 Å². The molecule has 6 heteroatoms. The summed E-state index contributed by atoms with van der Waals surface area (Å²) in [4.78, 5) is 23.4. The summed E-state index contributed by atoms with van der Waals surface area (Å²) in [7, 11) is 0. The van der Waals surface area contributed by atoms with Crippen molar-refractivity contribution in [1.29, 1.82) is 0 Å². The molecule has 2 aromatic carbocycles. The van der Waals surface area contributed by atoms with Crippen LogP contribution in [0, 0.1) is 13.8 Å². The first kappa shape index (κ1) is 18.4. The van der Waals surface area contributed by atoms with E-state index in [4.69, 9.17) is 10.5 Å². The van der Waals surface area contributed by atoms with E-state index in [1.807, 2.05) is 62.4 Å². The molecular formula is C21H21N3O3. The molecule has 0 bridgehead atoms. The van der Waals surface area contributed by atoms with Crippen LogP contribution in [0.5, 0.6) is 0 Å². The summed E-state index contributed by atoms with van der Waals surface area (Å²) in [5, 5.41) is 4.59. The van der Waals surface area contributed by atoms with E-state index >= 15 is 0 Å². The number of rotatable bonds is 6. The summed E-state index contributed by atoms with van der Waals surface area (Å²) in [5.41, 5.74) is 10.0. The predicted octanol–water partition coefficient (Wildman–Crippen LogP) is 2.86. The van der Waals surface area contributed by atoms with E-state index in [0.717, 1.165) is 22.3 Å². The molecule has 0 fully saturated rings. The van der Waals surface area contributed by atoms with Crippen LogP contribution in [0.25, 0.3) is 11.3 Å². The molecule has 0 unspecified atom stereocenters. The first-order chi connectivity index (χ1) is 12.9. The van der Waals surface area contributed by atoms with Crippen LogP contribution < -0.4 is 5.73 Å². The van der Waals surface area contributed by atoms with E-state index < -0.39 is 18.5 Å². The van der Waals surface area contributed by atoms with Crippen molar-refractivity contribution in [2.75, 3.05) is 6.61 Å². The first-order valence-corrected chi connectivity index (χ1v) is 8.58. The molecule has 1 aromatic heterocycles. The molecule has 0 spiro atoms. The summed E-state index contributed by atoms with van der Waals surface area (Å²) in [6.07, 6.45) is 1.64. The molecule has 3 aromatic rings. The number of hydrogen-bond acceptors (Lipinski definition) is 4. The van der Waals surface area contributed by atoms with Crippen LogP contribution in [-0.4, -0.2) is 28.3 Å². The minimum absolute atomic E-state index is 0.301. The Hall–Kier alpha value is -3.41. The second kappa shape index (κ2) is 7.86. The third-order valence-corrected chi connectivity index (χ3v) is 4.29. The van der Waals surface area contributed by atoms with Gasteiger partial charge < -0.3 is 10.5 Å². The predicted molar refractivity (Wildman–Crippen MR) is 102 cm³/mol. The van der Waals surface area contributed by atoms with Crippen LogP contribution in [0.3, 0.4) is 0 Å². The van der Waals surface area contributed by atoms with Gasteiger partial charge in [-0.05, 0) is 36.6 Å². The number of primary amides is 1. The normalized spacial score (nSPS) is 10.6. The molecule has 0 aliphatic heterocycles. The van der Waals surface area contributed by atoms with E-state index in [2.05, 4.69) is 5.10 Å². The van der Waals surface area contributed by atoms with Gasteiger partial charge in [0.1, 0.15) is 11.3 Å². The summed E-state index contributed by atoms with van der Waals surface area (Å²) in [6.45, 7) is 4.08. The molecule has 0 saturated carbocycles. The van der Waals surface area contributed by atoms with Crippen molar-refractivity contribution >= 4 is 11.9 Å². The molecule has 0 aliphatic carbocycles. The standard InChI is InChI=1S/C21H21N3O3/c1-14-8-9-17(10-15(14)2)20-18(21(26)27-13-19(22)25)12-24(23-20)11-16-6-4-3-5-7-16/h3-10,12H,11,13H2,1-2H3,(H2,22,25). The fraction of sp³-hybridized carbons (Fsp3) is 0.190. The Kier molecular flexibility index (Phi) is 5.35. The highest BCUT2D eigenvalue weighted by atomic mass is 16.5. The summed E-state index contributed by atoms with van der Waals surface area (Å²) >= 11 is 0. The SMILES string of the molecule is Cc1ccc(-c2nn(Cc3ccccc3)cc2C(=O)OCC(N)=O)cc1C. The van der Waals surface area contributed by atoms with Crippen molar-refractivity contribution in [1.82, 2.24) is 9.78 Å². The number of hydrogen-bond donors (Lipinski definition) is 1. The van der Waals surface area contributed by atoms with Gasteiger partial charge in [-0.25, -0.2) is 4.79 Å². The molecule has 138 valence electrons. The second-order valence-corrected chi connectivity index (χ2v) is 6.42. The number of aryl methyl sites for hydroxylation is 2. The van der Waals surface area contributed by atoms with Gasteiger partial charge in [-0.1, -0.05) is 42.5 Å². The van der Waals surface area contributed by atoms with Gasteiger partial charge in [0.05, 0.1) is 6.54 Å². The molecule has 27 heavy (non-hydrogen) atoms. The van der Waals surface area contributed by atoms with Gasteiger partial charge in [-0.15, -0.1) is 0 Å². The number of carbonyl (C=O) groups is 2. The van der Waals surface area contributed by atoms with E-state index in [9.17, 15) is 9.59 Å². The monoisotopic (exact) mass is 363 g/mol. The number of esters is 1. The number of nitrogens with two attached hydrogens (primary N) is 1. The van der Waals surface area contributed by atoms with Crippen molar-refractivity contribution in [3.8, 4) is 11.3 Å². The van der Waals surface area contributed by atoms with E-state index in [1.165, 1.54) is 0 Å². The average molecular weight is 363 g/mol. The Bertz CT molecular complexity index is 978. The van der Waals surface area contributed by atoms with Crippen LogP contribution in [0.4, 0.5) is 0 Å². The molecule has 0 saturated heterocycles. The molecule has 1 amide bonds. The molecule has 0 aliphatic rings. The number of ether oxygens (including phenoxy) is 1. The molecule has 0 atom stereocenters. The third-order valence-electron chi connectivity index (χ3n) is 4.29.